The molecule has 1 atom stereocenters. The Morgan fingerprint density at radius 1 is 1.33 bits per heavy atom. The molecule has 1 aromatic carbocycles. The summed E-state index contributed by atoms with van der Waals surface area (Å²) in [4.78, 5) is 34.3. The van der Waals surface area contributed by atoms with Crippen LogP contribution in [0.5, 0.6) is 5.75 Å². The van der Waals surface area contributed by atoms with Crippen molar-refractivity contribution in [3.63, 3.8) is 0 Å². The number of nitrogens with one attached hydrogen (secondary N) is 2. The molecule has 6 N–H and O–H groups in total. The number of ether oxygens (including phenoxy) is 1. The minimum absolute atomic E-state index is 0.0843. The Labute approximate surface area is 121 Å². The molecule has 8 nitrogen and oxygen atoms in total. The fraction of sp³-hybridized carbons (Fsp3) is 0.308. The van der Waals surface area contributed by atoms with Gasteiger partial charge in [0.2, 0.25) is 0 Å². The van der Waals surface area contributed by atoms with E-state index in [0.717, 1.165) is 0 Å². The van der Waals surface area contributed by atoms with Crippen molar-refractivity contribution in [1.82, 2.24) is 10.6 Å². The lowest BCUT2D eigenvalue weighted by molar-refractivity contribution is -0.126. The number of rotatable bonds is 5. The number of amides is 4. The third kappa shape index (κ3) is 4.68. The highest BCUT2D eigenvalue weighted by Gasteiger charge is 2.20. The largest absolute Gasteiger partial charge is 0.480 e. The molecule has 0 aromatic heterocycles. The molecule has 4 amide bonds. The maximum Gasteiger partial charge on any atom is 0.321 e. The van der Waals surface area contributed by atoms with Gasteiger partial charge in [0, 0.05) is 18.3 Å². The molecular weight excluding hydrogens is 276 g/mol. The Kier molecular flexibility index (Phi) is 5.53. The zero-order valence-electron chi connectivity index (χ0n) is 11.8. The lowest BCUT2D eigenvalue weighted by Gasteiger charge is -2.16. The summed E-state index contributed by atoms with van der Waals surface area (Å²) in [6, 6.07) is 3.66. The van der Waals surface area contributed by atoms with Crippen molar-refractivity contribution in [2.75, 3.05) is 12.3 Å². The number of imide groups is 1. The van der Waals surface area contributed by atoms with Gasteiger partial charge in [0.25, 0.3) is 11.8 Å². The summed E-state index contributed by atoms with van der Waals surface area (Å²) in [5, 5.41) is 4.52. The fourth-order valence-corrected chi connectivity index (χ4v) is 1.50. The van der Waals surface area contributed by atoms with Crippen LogP contribution in [0.15, 0.2) is 18.2 Å². The Morgan fingerprint density at radius 2 is 2.00 bits per heavy atom. The van der Waals surface area contributed by atoms with Crippen LogP contribution in [0.1, 0.15) is 24.2 Å². The Hall–Kier alpha value is -2.77. The summed E-state index contributed by atoms with van der Waals surface area (Å²) in [5.74, 6) is -1.28. The van der Waals surface area contributed by atoms with Gasteiger partial charge in [0.15, 0.2) is 6.10 Å². The summed E-state index contributed by atoms with van der Waals surface area (Å²) in [7, 11) is 0. The van der Waals surface area contributed by atoms with Crippen molar-refractivity contribution in [1.29, 1.82) is 0 Å². The minimum atomic E-state index is -1.01. The highest BCUT2D eigenvalue weighted by molar-refractivity contribution is 5.98. The molecule has 0 bridgehead atoms. The quantitative estimate of drug-likeness (QED) is 0.566. The van der Waals surface area contributed by atoms with E-state index < -0.39 is 23.9 Å². The van der Waals surface area contributed by atoms with Gasteiger partial charge >= 0.3 is 6.03 Å². The van der Waals surface area contributed by atoms with Crippen molar-refractivity contribution in [3.8, 4) is 5.75 Å². The molecule has 1 aromatic rings. The maximum atomic E-state index is 11.8. The predicted molar refractivity (Wildman–Crippen MR) is 76.7 cm³/mol. The maximum absolute atomic E-state index is 11.8. The van der Waals surface area contributed by atoms with Crippen LogP contribution in [0.2, 0.25) is 0 Å². The fourth-order valence-electron chi connectivity index (χ4n) is 1.50. The Bertz CT molecular complexity index is 559. The average molecular weight is 294 g/mol. The summed E-state index contributed by atoms with van der Waals surface area (Å²) in [6.45, 7) is 3.54. The van der Waals surface area contributed by atoms with Gasteiger partial charge in [-0.3, -0.25) is 14.9 Å². The van der Waals surface area contributed by atoms with E-state index >= 15 is 0 Å². The van der Waals surface area contributed by atoms with Crippen LogP contribution in [0.3, 0.4) is 0 Å². The van der Waals surface area contributed by atoms with E-state index in [9.17, 15) is 14.4 Å². The first-order valence-corrected chi connectivity index (χ1v) is 6.29. The molecule has 1 unspecified atom stereocenters. The lowest BCUT2D eigenvalue weighted by Crippen LogP contribution is -2.45. The normalized spacial score (nSPS) is 11.3. The van der Waals surface area contributed by atoms with Gasteiger partial charge in [-0.25, -0.2) is 4.79 Å². The van der Waals surface area contributed by atoms with Gasteiger partial charge in [-0.2, -0.15) is 0 Å². The van der Waals surface area contributed by atoms with Gasteiger partial charge in [-0.05, 0) is 26.0 Å². The van der Waals surface area contributed by atoms with Crippen LogP contribution >= 0.6 is 0 Å². The van der Waals surface area contributed by atoms with Crippen molar-refractivity contribution in [2.24, 2.45) is 5.73 Å². The summed E-state index contributed by atoms with van der Waals surface area (Å²) in [6.07, 6.45) is -1.01. The number of carbonyl (C=O) groups excluding carboxylic acids is 3. The van der Waals surface area contributed by atoms with E-state index in [2.05, 4.69) is 10.6 Å². The zero-order chi connectivity index (χ0) is 16.0. The third-order valence-corrected chi connectivity index (χ3v) is 2.52. The number of benzene rings is 1. The smallest absolute Gasteiger partial charge is 0.321 e. The molecule has 21 heavy (non-hydrogen) atoms. The van der Waals surface area contributed by atoms with Crippen LogP contribution in [0.25, 0.3) is 0 Å². The van der Waals surface area contributed by atoms with Crippen molar-refractivity contribution < 1.29 is 19.1 Å². The van der Waals surface area contributed by atoms with E-state index in [1.165, 1.54) is 25.1 Å². The van der Waals surface area contributed by atoms with Crippen LogP contribution in [-0.4, -0.2) is 30.5 Å². The van der Waals surface area contributed by atoms with Crippen LogP contribution in [0.4, 0.5) is 10.5 Å². The van der Waals surface area contributed by atoms with E-state index in [1.807, 2.05) is 0 Å². The number of nitrogens with two attached hydrogens (primary N) is 2. The molecule has 0 saturated carbocycles. The number of urea groups is 1. The van der Waals surface area contributed by atoms with E-state index in [-0.39, 0.29) is 11.3 Å². The first-order valence-electron chi connectivity index (χ1n) is 6.29. The number of anilines is 1. The number of hydrogen-bond donors (Lipinski definition) is 4. The van der Waals surface area contributed by atoms with Crippen molar-refractivity contribution >= 4 is 23.5 Å². The summed E-state index contributed by atoms with van der Waals surface area (Å²) in [5.41, 5.74) is 11.3. The summed E-state index contributed by atoms with van der Waals surface area (Å²) >= 11 is 0. The zero-order valence-corrected chi connectivity index (χ0v) is 11.8. The van der Waals surface area contributed by atoms with Gasteiger partial charge in [0.05, 0.1) is 5.56 Å². The third-order valence-electron chi connectivity index (χ3n) is 2.52. The van der Waals surface area contributed by atoms with Gasteiger partial charge in [-0.15, -0.1) is 0 Å². The molecule has 0 aliphatic carbocycles. The molecule has 0 aliphatic rings. The first-order chi connectivity index (χ1) is 9.85. The second-order valence-corrected chi connectivity index (χ2v) is 4.23. The molecule has 0 spiro atoms. The molecule has 0 saturated heterocycles. The molecule has 0 heterocycles. The standard InChI is InChI=1S/C13H18N4O4/c1-3-16-13(20)17-12(19)7(2)21-10-6-8(14)4-5-9(10)11(15)18/h4-7H,3,14H2,1-2H3,(H2,15,18)(H2,16,17,19,20). The molecule has 0 radical (unpaired) electrons. The lowest BCUT2D eigenvalue weighted by atomic mass is 10.1. The molecule has 8 heteroatoms. The highest BCUT2D eigenvalue weighted by atomic mass is 16.5. The van der Waals surface area contributed by atoms with Crippen LogP contribution in [0, 0.1) is 0 Å². The van der Waals surface area contributed by atoms with Gasteiger partial charge < -0.3 is 21.5 Å². The first kappa shape index (κ1) is 16.3. The summed E-state index contributed by atoms with van der Waals surface area (Å²) < 4.78 is 5.36. The van der Waals surface area contributed by atoms with E-state index in [1.54, 1.807) is 6.92 Å². The topological polar surface area (TPSA) is 137 Å². The number of nitrogen functional groups attached to an aromatic ring is 1. The second-order valence-electron chi connectivity index (χ2n) is 4.23. The molecule has 0 aliphatic heterocycles. The number of hydrogen-bond acceptors (Lipinski definition) is 5. The van der Waals surface area contributed by atoms with Crippen molar-refractivity contribution in [2.45, 2.75) is 20.0 Å². The van der Waals surface area contributed by atoms with Gasteiger partial charge in [0.1, 0.15) is 5.75 Å². The van der Waals surface area contributed by atoms with Crippen LogP contribution in [-0.2, 0) is 4.79 Å². The predicted octanol–water partition coefficient (Wildman–Crippen LogP) is -0.0193. The monoisotopic (exact) mass is 294 g/mol. The van der Waals surface area contributed by atoms with Crippen LogP contribution < -0.4 is 26.8 Å². The number of primary amides is 1. The van der Waals surface area contributed by atoms with Crippen molar-refractivity contribution in [3.05, 3.63) is 23.8 Å². The molecule has 114 valence electrons. The minimum Gasteiger partial charge on any atom is -0.480 e. The SMILES string of the molecule is CCNC(=O)NC(=O)C(C)Oc1cc(N)ccc1C(N)=O. The second kappa shape index (κ2) is 7.13. The average Bonchev–Trinajstić information content (AvgIpc) is 2.38. The highest BCUT2D eigenvalue weighted by Crippen LogP contribution is 2.22. The molecular formula is C13H18N4O4. The van der Waals surface area contributed by atoms with Gasteiger partial charge in [-0.1, -0.05) is 0 Å². The van der Waals surface area contributed by atoms with E-state index in [4.69, 9.17) is 16.2 Å². The Morgan fingerprint density at radius 3 is 2.57 bits per heavy atom. The van der Waals surface area contributed by atoms with E-state index in [0.29, 0.717) is 12.2 Å². The molecule has 1 rings (SSSR count). The molecule has 0 fully saturated rings. The Balaban J connectivity index is 2.80. The number of carbonyl (C=O) groups is 3.